The minimum Gasteiger partial charge on any atom is -0.389 e. The number of ether oxygens (including phenoxy) is 1. The molecule has 1 saturated heterocycles. The van der Waals surface area contributed by atoms with E-state index in [4.69, 9.17) is 0 Å². The molecule has 1 fully saturated rings. The predicted octanol–water partition coefficient (Wildman–Crippen LogP) is 1.68. The van der Waals surface area contributed by atoms with Crippen LogP contribution in [0, 0.1) is 11.3 Å². The first-order valence-corrected chi connectivity index (χ1v) is 4.30. The van der Waals surface area contributed by atoms with Gasteiger partial charge in [-0.15, -0.1) is 0 Å². The lowest BCUT2D eigenvalue weighted by molar-refractivity contribution is -0.153. The van der Waals surface area contributed by atoms with Crippen LogP contribution in [0.1, 0.15) is 27.7 Å². The van der Waals surface area contributed by atoms with Gasteiger partial charge in [-0.05, 0) is 12.3 Å². The molecular weight excluding hydrogens is 168 g/mol. The van der Waals surface area contributed by atoms with Crippen molar-refractivity contribution in [3.8, 4) is 0 Å². The summed E-state index contributed by atoms with van der Waals surface area (Å²) in [6.45, 7) is 7.50. The van der Waals surface area contributed by atoms with Gasteiger partial charge in [-0.3, -0.25) is 4.79 Å². The highest BCUT2D eigenvalue weighted by atomic mass is 16.6. The van der Waals surface area contributed by atoms with Crippen molar-refractivity contribution in [2.24, 2.45) is 11.3 Å². The van der Waals surface area contributed by atoms with E-state index in [1.165, 1.54) is 0 Å². The molecule has 13 heavy (non-hydrogen) atoms. The largest absolute Gasteiger partial charge is 0.389 e. The van der Waals surface area contributed by atoms with Crippen LogP contribution in [0.3, 0.4) is 0 Å². The maximum Gasteiger partial charge on any atom is 0.342 e. The second-order valence-electron chi connectivity index (χ2n) is 4.25. The van der Waals surface area contributed by atoms with E-state index in [9.17, 15) is 9.59 Å². The van der Waals surface area contributed by atoms with E-state index in [1.54, 1.807) is 13.0 Å². The Hall–Kier alpha value is -1.12. The van der Waals surface area contributed by atoms with Gasteiger partial charge in [0.15, 0.2) is 0 Å². The van der Waals surface area contributed by atoms with Gasteiger partial charge >= 0.3 is 11.9 Å². The van der Waals surface area contributed by atoms with Crippen LogP contribution in [0.15, 0.2) is 11.6 Å². The Morgan fingerprint density at radius 3 is 2.15 bits per heavy atom. The topological polar surface area (TPSA) is 43.4 Å². The molecule has 0 saturated carbocycles. The normalized spacial score (nSPS) is 26.8. The minimum absolute atomic E-state index is 0.259. The van der Waals surface area contributed by atoms with E-state index >= 15 is 0 Å². The maximum atomic E-state index is 11.3. The van der Waals surface area contributed by atoms with Crippen LogP contribution in [-0.4, -0.2) is 11.9 Å². The average molecular weight is 182 g/mol. The molecule has 72 valence electrons. The molecule has 0 radical (unpaired) electrons. The molecule has 0 spiro atoms. The van der Waals surface area contributed by atoms with Gasteiger partial charge in [-0.2, -0.15) is 0 Å². The Labute approximate surface area is 77.8 Å². The molecule has 0 N–H and O–H groups in total. The lowest BCUT2D eigenvalue weighted by Crippen LogP contribution is -2.25. The van der Waals surface area contributed by atoms with E-state index in [1.807, 2.05) is 20.8 Å². The second-order valence-corrected chi connectivity index (χ2v) is 4.25. The third kappa shape index (κ3) is 1.64. The standard InChI is InChI=1S/C10H14O3/c1-5-6-7(10(2,3)4)9(12)13-8(6)11/h5,7H,1-4H3. The first-order chi connectivity index (χ1) is 5.88. The zero-order valence-corrected chi connectivity index (χ0v) is 8.38. The summed E-state index contributed by atoms with van der Waals surface area (Å²) in [7, 11) is 0. The van der Waals surface area contributed by atoms with Crippen LogP contribution >= 0.6 is 0 Å². The van der Waals surface area contributed by atoms with Gasteiger partial charge < -0.3 is 4.74 Å². The monoisotopic (exact) mass is 182 g/mol. The SMILES string of the molecule is CC=C1C(=O)OC(=O)C1C(C)(C)C. The van der Waals surface area contributed by atoms with Gasteiger partial charge in [0.25, 0.3) is 0 Å². The maximum absolute atomic E-state index is 11.3. The molecule has 1 rings (SSSR count). The first-order valence-electron chi connectivity index (χ1n) is 4.30. The highest BCUT2D eigenvalue weighted by Crippen LogP contribution is 2.37. The zero-order valence-electron chi connectivity index (χ0n) is 8.38. The fourth-order valence-electron chi connectivity index (χ4n) is 1.56. The van der Waals surface area contributed by atoms with Crippen molar-refractivity contribution >= 4 is 11.9 Å². The van der Waals surface area contributed by atoms with Crippen molar-refractivity contribution in [2.45, 2.75) is 27.7 Å². The van der Waals surface area contributed by atoms with Crippen molar-refractivity contribution in [3.05, 3.63) is 11.6 Å². The molecule has 3 nitrogen and oxygen atoms in total. The first kappa shape index (κ1) is 9.96. The number of esters is 2. The molecule has 1 heterocycles. The van der Waals surface area contributed by atoms with Gasteiger partial charge in [0.1, 0.15) is 0 Å². The number of rotatable bonds is 0. The van der Waals surface area contributed by atoms with E-state index in [2.05, 4.69) is 4.74 Å². The summed E-state index contributed by atoms with van der Waals surface area (Å²) in [5, 5.41) is 0. The second kappa shape index (κ2) is 2.98. The number of carbonyl (C=O) groups is 2. The highest BCUT2D eigenvalue weighted by molar-refractivity contribution is 6.07. The van der Waals surface area contributed by atoms with Crippen molar-refractivity contribution in [2.75, 3.05) is 0 Å². The molecule has 1 atom stereocenters. The van der Waals surface area contributed by atoms with Crippen LogP contribution in [0.2, 0.25) is 0 Å². The molecule has 0 bridgehead atoms. The molecule has 0 aliphatic carbocycles. The number of allylic oxidation sites excluding steroid dienone is 1. The average Bonchev–Trinajstić information content (AvgIpc) is 2.23. The Kier molecular flexibility index (Phi) is 2.28. The highest BCUT2D eigenvalue weighted by Gasteiger charge is 2.45. The van der Waals surface area contributed by atoms with Crippen LogP contribution in [-0.2, 0) is 14.3 Å². The molecule has 1 aliphatic heterocycles. The molecule has 0 aromatic carbocycles. The van der Waals surface area contributed by atoms with E-state index in [-0.39, 0.29) is 5.41 Å². The minimum atomic E-state index is -0.493. The smallest absolute Gasteiger partial charge is 0.342 e. The Morgan fingerprint density at radius 2 is 1.85 bits per heavy atom. The molecule has 0 amide bonds. The van der Waals surface area contributed by atoms with Gasteiger partial charge in [-0.25, -0.2) is 4.79 Å². The summed E-state index contributed by atoms with van der Waals surface area (Å²) in [6.07, 6.45) is 1.66. The number of hydrogen-bond donors (Lipinski definition) is 0. The van der Waals surface area contributed by atoms with E-state index < -0.39 is 17.9 Å². The van der Waals surface area contributed by atoms with E-state index in [0.29, 0.717) is 5.57 Å². The summed E-state index contributed by atoms with van der Waals surface area (Å²) >= 11 is 0. The fourth-order valence-corrected chi connectivity index (χ4v) is 1.56. The van der Waals surface area contributed by atoms with Crippen molar-refractivity contribution < 1.29 is 14.3 Å². The quantitative estimate of drug-likeness (QED) is 0.325. The molecule has 0 aromatic rings. The third-order valence-electron chi connectivity index (χ3n) is 2.15. The van der Waals surface area contributed by atoms with Crippen LogP contribution in [0.4, 0.5) is 0 Å². The summed E-state index contributed by atoms with van der Waals surface area (Å²) < 4.78 is 4.56. The van der Waals surface area contributed by atoms with Gasteiger partial charge in [0.05, 0.1) is 5.92 Å². The van der Waals surface area contributed by atoms with Crippen molar-refractivity contribution in [1.82, 2.24) is 0 Å². The summed E-state index contributed by atoms with van der Waals surface area (Å²) in [5.41, 5.74) is 0.225. The summed E-state index contributed by atoms with van der Waals surface area (Å²) in [4.78, 5) is 22.5. The lowest BCUT2D eigenvalue weighted by atomic mass is 9.77. The molecule has 3 heteroatoms. The Morgan fingerprint density at radius 1 is 1.31 bits per heavy atom. The number of hydrogen-bond acceptors (Lipinski definition) is 3. The number of carbonyl (C=O) groups excluding carboxylic acids is 2. The summed E-state index contributed by atoms with van der Waals surface area (Å²) in [6, 6.07) is 0. The zero-order chi connectivity index (χ0) is 10.2. The van der Waals surface area contributed by atoms with Crippen LogP contribution in [0.5, 0.6) is 0 Å². The fraction of sp³-hybridized carbons (Fsp3) is 0.600. The van der Waals surface area contributed by atoms with Crippen molar-refractivity contribution in [1.29, 1.82) is 0 Å². The molecule has 1 aliphatic rings. The Balaban J connectivity index is 3.09. The van der Waals surface area contributed by atoms with Crippen LogP contribution in [0.25, 0.3) is 0 Å². The number of cyclic esters (lactones) is 2. The van der Waals surface area contributed by atoms with Gasteiger partial charge in [0.2, 0.25) is 0 Å². The molecular formula is C10H14O3. The van der Waals surface area contributed by atoms with Gasteiger partial charge in [-0.1, -0.05) is 26.8 Å². The predicted molar refractivity (Wildman–Crippen MR) is 47.8 cm³/mol. The van der Waals surface area contributed by atoms with Crippen LogP contribution < -0.4 is 0 Å². The Bertz CT molecular complexity index is 281. The van der Waals surface area contributed by atoms with Gasteiger partial charge in [0, 0.05) is 5.57 Å². The third-order valence-corrected chi connectivity index (χ3v) is 2.15. The summed E-state index contributed by atoms with van der Waals surface area (Å²) in [5.74, 6) is -1.33. The molecule has 1 unspecified atom stereocenters. The lowest BCUT2D eigenvalue weighted by Gasteiger charge is -2.23. The molecule has 0 aromatic heterocycles. The van der Waals surface area contributed by atoms with E-state index in [0.717, 1.165) is 0 Å². The van der Waals surface area contributed by atoms with Crippen molar-refractivity contribution in [3.63, 3.8) is 0 Å².